The van der Waals surface area contributed by atoms with Crippen LogP contribution in [0.5, 0.6) is 0 Å². The number of hydrogen-bond acceptors (Lipinski definition) is 4. The van der Waals surface area contributed by atoms with E-state index in [9.17, 15) is 14.3 Å². The van der Waals surface area contributed by atoms with E-state index in [1.54, 1.807) is 17.0 Å². The molecule has 1 aromatic heterocycles. The molecule has 3 rings (SSSR count). The SMILES string of the molecule is Cc1cc(C(=O)N2CC(CO)OCC2C)sc1-c1ccc(F)cc1. The number of hydrogen-bond donors (Lipinski definition) is 1. The maximum Gasteiger partial charge on any atom is 0.264 e. The van der Waals surface area contributed by atoms with Gasteiger partial charge in [0.05, 0.1) is 30.2 Å². The van der Waals surface area contributed by atoms with Crippen LogP contribution in [-0.2, 0) is 4.74 Å². The van der Waals surface area contributed by atoms with Gasteiger partial charge in [-0.1, -0.05) is 12.1 Å². The monoisotopic (exact) mass is 349 g/mol. The summed E-state index contributed by atoms with van der Waals surface area (Å²) in [4.78, 5) is 16.2. The summed E-state index contributed by atoms with van der Waals surface area (Å²) in [5.74, 6) is -0.327. The summed E-state index contributed by atoms with van der Waals surface area (Å²) in [6.07, 6.45) is -0.331. The molecule has 2 heterocycles. The predicted octanol–water partition coefficient (Wildman–Crippen LogP) is 3.08. The van der Waals surface area contributed by atoms with Crippen LogP contribution in [0.3, 0.4) is 0 Å². The zero-order valence-electron chi connectivity index (χ0n) is 13.7. The minimum absolute atomic E-state index is 0.0306. The number of amides is 1. The van der Waals surface area contributed by atoms with Crippen molar-refractivity contribution in [3.8, 4) is 10.4 Å². The fraction of sp³-hybridized carbons (Fsp3) is 0.389. The number of carbonyl (C=O) groups is 1. The van der Waals surface area contributed by atoms with Crippen LogP contribution in [0.25, 0.3) is 10.4 Å². The summed E-state index contributed by atoms with van der Waals surface area (Å²) in [5, 5.41) is 9.28. The Labute approximate surface area is 144 Å². The Kier molecular flexibility index (Phi) is 4.99. The molecule has 2 aromatic rings. The molecule has 128 valence electrons. The smallest absolute Gasteiger partial charge is 0.264 e. The number of rotatable bonds is 3. The van der Waals surface area contributed by atoms with Crippen molar-refractivity contribution in [3.63, 3.8) is 0 Å². The number of benzene rings is 1. The molecule has 1 saturated heterocycles. The summed E-state index contributed by atoms with van der Waals surface area (Å²) in [7, 11) is 0. The zero-order chi connectivity index (χ0) is 17.3. The van der Waals surface area contributed by atoms with Gasteiger partial charge in [-0.3, -0.25) is 4.79 Å². The minimum Gasteiger partial charge on any atom is -0.394 e. The quantitative estimate of drug-likeness (QED) is 0.926. The molecule has 0 radical (unpaired) electrons. The third kappa shape index (κ3) is 3.36. The van der Waals surface area contributed by atoms with Crippen LogP contribution in [0, 0.1) is 12.7 Å². The molecule has 2 unspecified atom stereocenters. The maximum absolute atomic E-state index is 13.1. The van der Waals surface area contributed by atoms with Crippen LogP contribution < -0.4 is 0 Å². The van der Waals surface area contributed by atoms with E-state index in [0.717, 1.165) is 16.0 Å². The van der Waals surface area contributed by atoms with E-state index < -0.39 is 0 Å². The van der Waals surface area contributed by atoms with Crippen molar-refractivity contribution in [1.29, 1.82) is 0 Å². The van der Waals surface area contributed by atoms with Gasteiger partial charge in [0.2, 0.25) is 0 Å². The second kappa shape index (κ2) is 7.01. The van der Waals surface area contributed by atoms with E-state index in [-0.39, 0.29) is 30.5 Å². The van der Waals surface area contributed by atoms with Gasteiger partial charge in [-0.2, -0.15) is 0 Å². The molecule has 1 aliphatic rings. The average Bonchev–Trinajstić information content (AvgIpc) is 2.97. The summed E-state index contributed by atoms with van der Waals surface area (Å²) in [5.41, 5.74) is 1.90. The lowest BCUT2D eigenvalue weighted by Gasteiger charge is -2.37. The molecule has 1 aliphatic heterocycles. The number of aryl methyl sites for hydroxylation is 1. The zero-order valence-corrected chi connectivity index (χ0v) is 14.5. The van der Waals surface area contributed by atoms with Crippen molar-refractivity contribution < 1.29 is 19.0 Å². The number of aliphatic hydroxyl groups excluding tert-OH is 1. The Morgan fingerprint density at radius 2 is 2.12 bits per heavy atom. The lowest BCUT2D eigenvalue weighted by atomic mass is 10.1. The van der Waals surface area contributed by atoms with Crippen LogP contribution in [0.1, 0.15) is 22.2 Å². The Balaban J connectivity index is 1.86. The lowest BCUT2D eigenvalue weighted by Crippen LogP contribution is -2.51. The van der Waals surface area contributed by atoms with Gasteiger partial charge in [0.15, 0.2) is 0 Å². The molecule has 0 saturated carbocycles. The normalized spacial score (nSPS) is 21.1. The van der Waals surface area contributed by atoms with Gasteiger partial charge >= 0.3 is 0 Å². The van der Waals surface area contributed by atoms with Gasteiger partial charge in [-0.05, 0) is 43.2 Å². The van der Waals surface area contributed by atoms with Gasteiger partial charge in [-0.15, -0.1) is 11.3 Å². The summed E-state index contributed by atoms with van der Waals surface area (Å²) in [6.45, 7) is 4.60. The number of ether oxygens (including phenoxy) is 1. The molecular formula is C18H20FNO3S. The third-order valence-corrected chi connectivity index (χ3v) is 5.48. The van der Waals surface area contributed by atoms with Gasteiger partial charge in [0.25, 0.3) is 5.91 Å². The van der Waals surface area contributed by atoms with Crippen molar-refractivity contribution in [2.75, 3.05) is 19.8 Å². The van der Waals surface area contributed by atoms with E-state index in [1.807, 2.05) is 19.9 Å². The van der Waals surface area contributed by atoms with Gasteiger partial charge in [0, 0.05) is 11.4 Å². The van der Waals surface area contributed by atoms with Crippen LogP contribution in [0.2, 0.25) is 0 Å². The second-order valence-corrected chi connectivity index (χ2v) is 7.13. The molecule has 0 bridgehead atoms. The number of carbonyl (C=O) groups excluding carboxylic acids is 1. The van der Waals surface area contributed by atoms with Gasteiger partial charge < -0.3 is 14.7 Å². The maximum atomic E-state index is 13.1. The highest BCUT2D eigenvalue weighted by Crippen LogP contribution is 2.33. The van der Waals surface area contributed by atoms with Crippen molar-refractivity contribution in [2.24, 2.45) is 0 Å². The lowest BCUT2D eigenvalue weighted by molar-refractivity contribution is -0.0666. The predicted molar refractivity (Wildman–Crippen MR) is 91.8 cm³/mol. The Morgan fingerprint density at radius 3 is 2.79 bits per heavy atom. The van der Waals surface area contributed by atoms with Gasteiger partial charge in [0.1, 0.15) is 5.82 Å². The van der Waals surface area contributed by atoms with Crippen molar-refractivity contribution in [1.82, 2.24) is 4.90 Å². The van der Waals surface area contributed by atoms with Gasteiger partial charge in [-0.25, -0.2) is 4.39 Å². The topological polar surface area (TPSA) is 49.8 Å². The van der Waals surface area contributed by atoms with Crippen molar-refractivity contribution in [3.05, 3.63) is 46.6 Å². The number of halogens is 1. The summed E-state index contributed by atoms with van der Waals surface area (Å²) >= 11 is 1.41. The first-order valence-corrected chi connectivity index (χ1v) is 8.71. The molecule has 0 spiro atoms. The second-order valence-electron chi connectivity index (χ2n) is 6.07. The van der Waals surface area contributed by atoms with Crippen LogP contribution >= 0.6 is 11.3 Å². The first-order valence-electron chi connectivity index (χ1n) is 7.89. The molecule has 24 heavy (non-hydrogen) atoms. The molecule has 2 atom stereocenters. The molecule has 0 aliphatic carbocycles. The highest BCUT2D eigenvalue weighted by atomic mass is 32.1. The molecule has 4 nitrogen and oxygen atoms in total. The molecule has 6 heteroatoms. The minimum atomic E-state index is -0.331. The Bertz CT molecular complexity index is 728. The number of aliphatic hydroxyl groups is 1. The standard InChI is InChI=1S/C18H20FNO3S/c1-11-7-16(24-17(11)13-3-5-14(19)6-4-13)18(22)20-8-15(9-21)23-10-12(20)2/h3-7,12,15,21H,8-10H2,1-2H3. The Morgan fingerprint density at radius 1 is 1.42 bits per heavy atom. The number of morpholine rings is 1. The van der Waals surface area contributed by atoms with E-state index >= 15 is 0 Å². The molecular weight excluding hydrogens is 329 g/mol. The fourth-order valence-corrected chi connectivity index (χ4v) is 3.96. The van der Waals surface area contributed by atoms with E-state index in [4.69, 9.17) is 4.74 Å². The Hall–Kier alpha value is -1.76. The van der Waals surface area contributed by atoms with E-state index in [1.165, 1.54) is 23.5 Å². The molecule has 1 N–H and O–H groups in total. The molecule has 1 fully saturated rings. The van der Waals surface area contributed by atoms with Crippen molar-refractivity contribution >= 4 is 17.2 Å². The number of thiophene rings is 1. The molecule has 1 aromatic carbocycles. The number of nitrogens with zero attached hydrogens (tertiary/aromatic N) is 1. The highest BCUT2D eigenvalue weighted by molar-refractivity contribution is 7.17. The molecule has 1 amide bonds. The highest BCUT2D eigenvalue weighted by Gasteiger charge is 2.31. The van der Waals surface area contributed by atoms with Crippen LogP contribution in [-0.4, -0.2) is 47.8 Å². The van der Waals surface area contributed by atoms with E-state index in [0.29, 0.717) is 18.0 Å². The van der Waals surface area contributed by atoms with Crippen molar-refractivity contribution in [2.45, 2.75) is 26.0 Å². The first-order chi connectivity index (χ1) is 11.5. The average molecular weight is 349 g/mol. The largest absolute Gasteiger partial charge is 0.394 e. The van der Waals surface area contributed by atoms with Crippen LogP contribution in [0.4, 0.5) is 4.39 Å². The first kappa shape index (κ1) is 17.1. The van der Waals surface area contributed by atoms with E-state index in [2.05, 4.69) is 0 Å². The summed E-state index contributed by atoms with van der Waals surface area (Å²) < 4.78 is 18.6. The summed E-state index contributed by atoms with van der Waals surface area (Å²) in [6, 6.07) is 8.14. The van der Waals surface area contributed by atoms with Crippen LogP contribution in [0.15, 0.2) is 30.3 Å². The fourth-order valence-electron chi connectivity index (χ4n) is 2.83. The third-order valence-electron chi connectivity index (χ3n) is 4.20.